The number of esters is 2. The van der Waals surface area contributed by atoms with Crippen LogP contribution in [-0.2, 0) is 19.1 Å². The van der Waals surface area contributed by atoms with E-state index in [1.807, 2.05) is 86.6 Å². The van der Waals surface area contributed by atoms with Gasteiger partial charge in [-0.3, -0.25) is 4.79 Å². The van der Waals surface area contributed by atoms with E-state index in [0.717, 1.165) is 66.8 Å². The molecule has 0 heterocycles. The van der Waals surface area contributed by atoms with Crippen molar-refractivity contribution in [3.63, 3.8) is 0 Å². The summed E-state index contributed by atoms with van der Waals surface area (Å²) in [7, 11) is 0. The average molecular weight is 656 g/mol. The van der Waals surface area contributed by atoms with E-state index in [-0.39, 0.29) is 5.97 Å². The van der Waals surface area contributed by atoms with Gasteiger partial charge in [-0.05, 0) is 92.6 Å². The molecule has 0 N–H and O–H groups in total. The van der Waals surface area contributed by atoms with Gasteiger partial charge < -0.3 is 19.1 Å². The number of hydrogen-bond acceptors (Lipinski definition) is 10. The zero-order chi connectivity index (χ0) is 34.2. The molecule has 0 aliphatic rings. The third-order valence-corrected chi connectivity index (χ3v) is 7.48. The lowest BCUT2D eigenvalue weighted by atomic mass is 10.1. The predicted molar refractivity (Wildman–Crippen MR) is 190 cm³/mol. The smallest absolute Gasteiger partial charge is 0.330 e. The van der Waals surface area contributed by atoms with E-state index >= 15 is 0 Å². The molecule has 0 saturated carbocycles. The zero-order valence-corrected chi connectivity index (χ0v) is 28.4. The molecule has 48 heavy (non-hydrogen) atoms. The lowest BCUT2D eigenvalue weighted by molar-refractivity contribution is -0.143. The summed E-state index contributed by atoms with van der Waals surface area (Å²) in [6.45, 7) is 10.2. The number of likely N-dealkylation sites (N-methyl/N-ethyl adjacent to an activating group) is 1. The molecule has 0 unspecified atom stereocenters. The zero-order valence-electron chi connectivity index (χ0n) is 28.4. The van der Waals surface area contributed by atoms with Gasteiger partial charge in [0.15, 0.2) is 0 Å². The van der Waals surface area contributed by atoms with Crippen molar-refractivity contribution in [3.05, 3.63) is 85.5 Å². The third-order valence-electron chi connectivity index (χ3n) is 7.48. The molecule has 3 rings (SSSR count). The molecule has 10 heteroatoms. The summed E-state index contributed by atoms with van der Waals surface area (Å²) in [5, 5.41) is 17.3. The SMILES string of the molecule is C=CC(=O)OCCN(CC)c1ccc(N=Nc2ccc(N=Nc3ccc(OCCCCCCCCCCOC(=O)CC)cc3)cc2)cc1. The highest BCUT2D eigenvalue weighted by Gasteiger charge is 2.06. The molecule has 0 radical (unpaired) electrons. The molecule has 0 saturated heterocycles. The van der Waals surface area contributed by atoms with Crippen LogP contribution >= 0.6 is 0 Å². The number of unbranched alkanes of at least 4 members (excludes halogenated alkanes) is 7. The van der Waals surface area contributed by atoms with Gasteiger partial charge in [-0.25, -0.2) is 4.79 Å². The fourth-order valence-corrected chi connectivity index (χ4v) is 4.68. The maximum absolute atomic E-state index is 11.3. The van der Waals surface area contributed by atoms with Crippen molar-refractivity contribution < 1.29 is 23.8 Å². The lowest BCUT2D eigenvalue weighted by Crippen LogP contribution is -2.27. The Morgan fingerprint density at radius 3 is 1.56 bits per heavy atom. The summed E-state index contributed by atoms with van der Waals surface area (Å²) in [5.41, 5.74) is 3.92. The monoisotopic (exact) mass is 655 g/mol. The minimum absolute atomic E-state index is 0.109. The molecule has 0 amide bonds. The summed E-state index contributed by atoms with van der Waals surface area (Å²) in [4.78, 5) is 24.5. The topological polar surface area (TPSA) is 115 Å². The van der Waals surface area contributed by atoms with Crippen LogP contribution in [0.1, 0.15) is 71.6 Å². The minimum atomic E-state index is -0.420. The Morgan fingerprint density at radius 1 is 0.625 bits per heavy atom. The average Bonchev–Trinajstić information content (AvgIpc) is 3.13. The highest BCUT2D eigenvalue weighted by Crippen LogP contribution is 2.26. The molecule has 0 aliphatic carbocycles. The molecule has 0 aliphatic heterocycles. The largest absolute Gasteiger partial charge is 0.494 e. The van der Waals surface area contributed by atoms with Crippen LogP contribution in [0.4, 0.5) is 28.4 Å². The molecule has 10 nitrogen and oxygen atoms in total. The molecule has 256 valence electrons. The Morgan fingerprint density at radius 2 is 1.08 bits per heavy atom. The van der Waals surface area contributed by atoms with Gasteiger partial charge >= 0.3 is 11.9 Å². The van der Waals surface area contributed by atoms with Gasteiger partial charge in [0.2, 0.25) is 0 Å². The van der Waals surface area contributed by atoms with Gasteiger partial charge in [-0.1, -0.05) is 52.0 Å². The molecular weight excluding hydrogens is 606 g/mol. The number of hydrogen-bond donors (Lipinski definition) is 0. The van der Waals surface area contributed by atoms with Crippen molar-refractivity contribution in [3.8, 4) is 5.75 Å². The van der Waals surface area contributed by atoms with Crippen molar-refractivity contribution in [2.45, 2.75) is 71.6 Å². The van der Waals surface area contributed by atoms with Crippen molar-refractivity contribution in [2.24, 2.45) is 20.5 Å². The predicted octanol–water partition coefficient (Wildman–Crippen LogP) is 10.5. The number of nitrogens with zero attached hydrogens (tertiary/aromatic N) is 5. The summed E-state index contributed by atoms with van der Waals surface area (Å²) in [6, 6.07) is 22.8. The van der Waals surface area contributed by atoms with E-state index in [1.54, 1.807) is 0 Å². The number of ether oxygens (including phenoxy) is 3. The van der Waals surface area contributed by atoms with Crippen LogP contribution in [-0.4, -0.2) is 44.8 Å². The summed E-state index contributed by atoms with van der Waals surface area (Å²) < 4.78 is 16.1. The van der Waals surface area contributed by atoms with E-state index in [9.17, 15) is 9.59 Å². The Balaban J connectivity index is 1.31. The summed E-state index contributed by atoms with van der Waals surface area (Å²) in [5.74, 6) is 0.301. The highest BCUT2D eigenvalue weighted by molar-refractivity contribution is 5.81. The van der Waals surface area contributed by atoms with Crippen LogP contribution in [0.3, 0.4) is 0 Å². The minimum Gasteiger partial charge on any atom is -0.494 e. The van der Waals surface area contributed by atoms with E-state index < -0.39 is 5.97 Å². The second-order valence-electron chi connectivity index (χ2n) is 11.1. The van der Waals surface area contributed by atoms with Crippen molar-refractivity contribution >= 4 is 40.4 Å². The number of azo groups is 2. The first kappa shape index (κ1) is 37.6. The van der Waals surface area contributed by atoms with Crippen LogP contribution in [0, 0.1) is 0 Å². The second-order valence-corrected chi connectivity index (χ2v) is 11.1. The maximum Gasteiger partial charge on any atom is 0.330 e. The second kappa shape index (κ2) is 22.6. The number of benzene rings is 3. The fourth-order valence-electron chi connectivity index (χ4n) is 4.68. The van der Waals surface area contributed by atoms with E-state index in [4.69, 9.17) is 14.2 Å². The van der Waals surface area contributed by atoms with Crippen molar-refractivity contribution in [1.82, 2.24) is 0 Å². The molecule has 0 atom stereocenters. The Hall–Kier alpha value is -4.86. The summed E-state index contributed by atoms with van der Waals surface area (Å²) >= 11 is 0. The number of carbonyl (C=O) groups excluding carboxylic acids is 2. The Bertz CT molecular complexity index is 1420. The molecule has 0 spiro atoms. The number of anilines is 1. The van der Waals surface area contributed by atoms with Crippen LogP contribution in [0.5, 0.6) is 5.75 Å². The Labute approximate surface area is 284 Å². The molecule has 0 bridgehead atoms. The summed E-state index contributed by atoms with van der Waals surface area (Å²) in [6.07, 6.45) is 10.7. The standard InChI is InChI=1S/C38H49N5O5/c1-4-37(44)47-29-14-12-10-8-7-9-11-13-28-46-36-25-21-34(22-26-36)42-40-32-17-15-31(16-18-32)39-41-33-19-23-35(24-20-33)43(6-3)27-30-48-38(45)5-2/h5,15-26H,2,4,6-14,27-30H2,1,3H3. The molecular formula is C38H49N5O5. The highest BCUT2D eigenvalue weighted by atomic mass is 16.5. The van der Waals surface area contributed by atoms with Crippen LogP contribution in [0.25, 0.3) is 0 Å². The third kappa shape index (κ3) is 15.2. The first-order valence-electron chi connectivity index (χ1n) is 17.0. The maximum atomic E-state index is 11.3. The number of carbonyl (C=O) groups is 2. The van der Waals surface area contributed by atoms with Gasteiger partial charge in [0.25, 0.3) is 0 Å². The normalized spacial score (nSPS) is 11.1. The molecule has 0 aromatic heterocycles. The molecule has 3 aromatic carbocycles. The van der Waals surface area contributed by atoms with Gasteiger partial charge in [0.1, 0.15) is 12.4 Å². The van der Waals surface area contributed by atoms with Gasteiger partial charge in [0, 0.05) is 24.7 Å². The van der Waals surface area contributed by atoms with E-state index in [2.05, 4.69) is 31.9 Å². The quantitative estimate of drug-likeness (QED) is 0.0434. The first-order chi connectivity index (χ1) is 23.5. The van der Waals surface area contributed by atoms with Crippen LogP contribution in [0.2, 0.25) is 0 Å². The van der Waals surface area contributed by atoms with Crippen molar-refractivity contribution in [2.75, 3.05) is 37.8 Å². The number of rotatable bonds is 23. The van der Waals surface area contributed by atoms with Gasteiger partial charge in [-0.2, -0.15) is 20.5 Å². The van der Waals surface area contributed by atoms with Gasteiger partial charge in [0.05, 0.1) is 42.5 Å². The van der Waals surface area contributed by atoms with E-state index in [0.29, 0.717) is 38.5 Å². The van der Waals surface area contributed by atoms with E-state index in [1.165, 1.54) is 25.7 Å². The first-order valence-corrected chi connectivity index (χ1v) is 17.0. The van der Waals surface area contributed by atoms with Gasteiger partial charge in [-0.15, -0.1) is 0 Å². The fraction of sp³-hybridized carbons (Fsp3) is 0.421. The Kier molecular flexibility index (Phi) is 17.7. The lowest BCUT2D eigenvalue weighted by Gasteiger charge is -2.22. The molecule has 0 fully saturated rings. The molecule has 3 aromatic rings. The van der Waals surface area contributed by atoms with Crippen molar-refractivity contribution in [1.29, 1.82) is 0 Å². The van der Waals surface area contributed by atoms with Crippen LogP contribution < -0.4 is 9.64 Å². The van der Waals surface area contributed by atoms with Crippen LogP contribution in [0.15, 0.2) is 106 Å².